The zero-order chi connectivity index (χ0) is 27.3. The van der Waals surface area contributed by atoms with Crippen LogP contribution in [-0.4, -0.2) is 9.13 Å². The molecule has 0 bridgehead atoms. The monoisotopic (exact) mass is 524 g/mol. The summed E-state index contributed by atoms with van der Waals surface area (Å²) in [4.78, 5) is 0. The maximum atomic E-state index is 2.49. The van der Waals surface area contributed by atoms with Gasteiger partial charge in [0.25, 0.3) is 0 Å². The molecule has 0 aliphatic carbocycles. The summed E-state index contributed by atoms with van der Waals surface area (Å²) in [7, 11) is 0. The Bertz CT molecular complexity index is 2330. The van der Waals surface area contributed by atoms with E-state index in [9.17, 15) is 0 Å². The number of fused-ring (bicyclic) bond motifs is 8. The van der Waals surface area contributed by atoms with Gasteiger partial charge in [0, 0.05) is 32.6 Å². The first kappa shape index (κ1) is 22.7. The first-order valence-electron chi connectivity index (χ1n) is 14.4. The predicted octanol–water partition coefficient (Wildman–Crippen LogP) is 10.2. The number of nitrogens with zero attached hydrogens (tertiary/aromatic N) is 2. The highest BCUT2D eigenvalue weighted by atomic mass is 15.0. The van der Waals surface area contributed by atoms with Gasteiger partial charge >= 0.3 is 0 Å². The van der Waals surface area contributed by atoms with Gasteiger partial charge in [-0.1, -0.05) is 98.8 Å². The van der Waals surface area contributed by atoms with Crippen molar-refractivity contribution in [2.75, 3.05) is 0 Å². The third-order valence-electron chi connectivity index (χ3n) is 9.30. The molecule has 2 aromatic heterocycles. The van der Waals surface area contributed by atoms with Gasteiger partial charge in [0.1, 0.15) is 0 Å². The first-order valence-corrected chi connectivity index (χ1v) is 14.4. The smallest absolute Gasteiger partial charge is 0.0582 e. The molecule has 0 spiro atoms. The zero-order valence-corrected chi connectivity index (χ0v) is 23.1. The van der Waals surface area contributed by atoms with Gasteiger partial charge in [-0.15, -0.1) is 0 Å². The van der Waals surface area contributed by atoms with Crippen LogP contribution in [0.2, 0.25) is 0 Å². The Kier molecular flexibility index (Phi) is 4.42. The molecule has 1 aliphatic rings. The van der Waals surface area contributed by atoms with Crippen LogP contribution in [0.3, 0.4) is 0 Å². The quantitative estimate of drug-likeness (QED) is 0.213. The Balaban J connectivity index is 1.30. The maximum absolute atomic E-state index is 2.49. The van der Waals surface area contributed by atoms with E-state index in [2.05, 4.69) is 156 Å². The molecule has 0 radical (unpaired) electrons. The van der Waals surface area contributed by atoms with Gasteiger partial charge in [-0.25, -0.2) is 0 Å². The highest BCUT2D eigenvalue weighted by Gasteiger charge is 2.34. The van der Waals surface area contributed by atoms with E-state index in [4.69, 9.17) is 0 Å². The largest absolute Gasteiger partial charge is 0.309 e. The molecule has 8 aromatic rings. The topological polar surface area (TPSA) is 9.86 Å². The van der Waals surface area contributed by atoms with Crippen molar-refractivity contribution in [2.24, 2.45) is 0 Å². The van der Waals surface area contributed by atoms with Crippen molar-refractivity contribution in [3.63, 3.8) is 0 Å². The minimum absolute atomic E-state index is 0.0543. The van der Waals surface area contributed by atoms with Gasteiger partial charge in [-0.05, 0) is 70.8 Å². The van der Waals surface area contributed by atoms with Crippen molar-refractivity contribution in [3.8, 4) is 22.5 Å². The summed E-state index contributed by atoms with van der Waals surface area (Å²) in [5.41, 5.74) is 12.7. The molecule has 6 aromatic carbocycles. The highest BCUT2D eigenvalue weighted by Crippen LogP contribution is 2.48. The molecule has 0 unspecified atom stereocenters. The molecule has 1 aliphatic heterocycles. The van der Waals surface area contributed by atoms with Crippen LogP contribution in [0.15, 0.2) is 133 Å². The second-order valence-corrected chi connectivity index (χ2v) is 11.8. The van der Waals surface area contributed by atoms with Crippen molar-refractivity contribution < 1.29 is 0 Å². The van der Waals surface area contributed by atoms with Crippen LogP contribution in [0.25, 0.3) is 66.1 Å². The summed E-state index contributed by atoms with van der Waals surface area (Å²) in [6.07, 6.45) is 0. The molecule has 0 amide bonds. The van der Waals surface area contributed by atoms with Gasteiger partial charge in [0.05, 0.1) is 27.8 Å². The van der Waals surface area contributed by atoms with Crippen LogP contribution in [0, 0.1) is 0 Å². The molecule has 9 rings (SSSR count). The fraction of sp³-hybridized carbons (Fsp3) is 0.0769. The fourth-order valence-corrected chi connectivity index (χ4v) is 7.35. The summed E-state index contributed by atoms with van der Waals surface area (Å²) in [6.45, 7) is 4.71. The molecule has 2 heteroatoms. The average molecular weight is 525 g/mol. The summed E-state index contributed by atoms with van der Waals surface area (Å²) in [5, 5.41) is 5.18. The molecule has 0 N–H and O–H groups in total. The molecule has 2 nitrogen and oxygen atoms in total. The average Bonchev–Trinajstić information content (AvgIpc) is 3.53. The summed E-state index contributed by atoms with van der Waals surface area (Å²) in [5.74, 6) is 0. The second-order valence-electron chi connectivity index (χ2n) is 11.8. The fourth-order valence-electron chi connectivity index (χ4n) is 7.35. The van der Waals surface area contributed by atoms with Gasteiger partial charge in [0.15, 0.2) is 0 Å². The number of para-hydroxylation sites is 4. The molecule has 0 atom stereocenters. The molecule has 0 fully saturated rings. The van der Waals surface area contributed by atoms with Gasteiger partial charge in [-0.3, -0.25) is 0 Å². The zero-order valence-electron chi connectivity index (χ0n) is 23.1. The van der Waals surface area contributed by atoms with E-state index in [0.29, 0.717) is 0 Å². The SMILES string of the molecule is CC1(C)c2ccccc2-n2c3ccc(-c4ccc5c(c4)c4ccccc4n5-c4ccccc4)cc3c3cccc1c32. The van der Waals surface area contributed by atoms with Crippen LogP contribution in [0.5, 0.6) is 0 Å². The Morgan fingerprint density at radius 2 is 1.02 bits per heavy atom. The Hall–Kier alpha value is -5.08. The maximum Gasteiger partial charge on any atom is 0.0582 e. The summed E-state index contributed by atoms with van der Waals surface area (Å²) >= 11 is 0. The van der Waals surface area contributed by atoms with Crippen molar-refractivity contribution in [1.82, 2.24) is 9.13 Å². The minimum atomic E-state index is -0.0543. The van der Waals surface area contributed by atoms with Crippen LogP contribution in [0.4, 0.5) is 0 Å². The highest BCUT2D eigenvalue weighted by molar-refractivity contribution is 6.14. The minimum Gasteiger partial charge on any atom is -0.309 e. The first-order chi connectivity index (χ1) is 20.1. The lowest BCUT2D eigenvalue weighted by atomic mass is 9.75. The molecule has 194 valence electrons. The molecule has 41 heavy (non-hydrogen) atoms. The molecule has 3 heterocycles. The van der Waals surface area contributed by atoms with Gasteiger partial charge in [0.2, 0.25) is 0 Å². The van der Waals surface area contributed by atoms with E-state index in [1.165, 1.54) is 77.2 Å². The molecule has 0 saturated heterocycles. The van der Waals surface area contributed by atoms with Crippen molar-refractivity contribution >= 4 is 43.6 Å². The van der Waals surface area contributed by atoms with E-state index in [1.54, 1.807) is 0 Å². The standard InChI is InChI=1S/C39H28N2/c1-39(2)32-15-7-9-18-37(32)41-36-22-20-26(24-31(36)29-14-10-16-33(39)38(29)41)25-19-21-35-30(23-25)28-13-6-8-17-34(28)40(35)27-11-4-3-5-12-27/h3-24H,1-2H3. The summed E-state index contributed by atoms with van der Waals surface area (Å²) in [6, 6.07) is 49.1. The third kappa shape index (κ3) is 2.97. The van der Waals surface area contributed by atoms with Crippen LogP contribution in [0.1, 0.15) is 25.0 Å². The normalized spacial score (nSPS) is 13.8. The number of aromatic nitrogens is 2. The Labute approximate surface area is 238 Å². The lowest BCUT2D eigenvalue weighted by Gasteiger charge is -2.34. The van der Waals surface area contributed by atoms with Gasteiger partial charge < -0.3 is 9.13 Å². The van der Waals surface area contributed by atoms with E-state index in [-0.39, 0.29) is 5.41 Å². The van der Waals surface area contributed by atoms with Gasteiger partial charge in [-0.2, -0.15) is 0 Å². The number of hydrogen-bond donors (Lipinski definition) is 0. The van der Waals surface area contributed by atoms with Crippen LogP contribution >= 0.6 is 0 Å². The van der Waals surface area contributed by atoms with E-state index < -0.39 is 0 Å². The predicted molar refractivity (Wildman–Crippen MR) is 173 cm³/mol. The van der Waals surface area contributed by atoms with Crippen LogP contribution in [-0.2, 0) is 5.41 Å². The van der Waals surface area contributed by atoms with E-state index >= 15 is 0 Å². The Morgan fingerprint density at radius 3 is 1.83 bits per heavy atom. The third-order valence-corrected chi connectivity index (χ3v) is 9.30. The van der Waals surface area contributed by atoms with E-state index in [1.807, 2.05) is 0 Å². The molecule has 0 saturated carbocycles. The lowest BCUT2D eigenvalue weighted by molar-refractivity contribution is 0.630. The lowest BCUT2D eigenvalue weighted by Crippen LogP contribution is -2.26. The number of rotatable bonds is 2. The molecular formula is C39H28N2. The Morgan fingerprint density at radius 1 is 0.439 bits per heavy atom. The van der Waals surface area contributed by atoms with Crippen molar-refractivity contribution in [2.45, 2.75) is 19.3 Å². The van der Waals surface area contributed by atoms with Crippen molar-refractivity contribution in [3.05, 3.63) is 145 Å². The number of benzene rings is 6. The molecular weight excluding hydrogens is 496 g/mol. The van der Waals surface area contributed by atoms with E-state index in [0.717, 1.165) is 0 Å². The summed E-state index contributed by atoms with van der Waals surface area (Å²) < 4.78 is 4.86. The second kappa shape index (κ2) is 7.99. The van der Waals surface area contributed by atoms with Crippen LogP contribution < -0.4 is 0 Å². The number of hydrogen-bond acceptors (Lipinski definition) is 0. The van der Waals surface area contributed by atoms with Crippen molar-refractivity contribution in [1.29, 1.82) is 0 Å².